The monoisotopic (exact) mass is 255 g/mol. The van der Waals surface area contributed by atoms with Gasteiger partial charge in [-0.1, -0.05) is 6.07 Å². The lowest BCUT2D eigenvalue weighted by Crippen LogP contribution is -2.35. The van der Waals surface area contributed by atoms with Crippen molar-refractivity contribution < 1.29 is 31.1 Å². The van der Waals surface area contributed by atoms with Crippen LogP contribution in [0.2, 0.25) is 0 Å². The van der Waals surface area contributed by atoms with Crippen LogP contribution in [-0.2, 0) is 0 Å². The zero-order valence-electron chi connectivity index (χ0n) is 8.06. The summed E-state index contributed by atoms with van der Waals surface area (Å²) in [6.45, 7) is 0. The van der Waals surface area contributed by atoms with Gasteiger partial charge in [0.1, 0.15) is 6.29 Å². The van der Waals surface area contributed by atoms with Crippen LogP contribution in [-0.4, -0.2) is 18.6 Å². The predicted molar refractivity (Wildman–Crippen MR) is 46.3 cm³/mol. The van der Waals surface area contributed by atoms with E-state index in [4.69, 9.17) is 0 Å². The largest absolute Gasteiger partial charge is 0.375 e. The molecule has 0 fully saturated rings. The Morgan fingerprint density at radius 3 is 1.94 bits per heavy atom. The number of carbonyl (C=O) groups is 1. The second-order valence-corrected chi connectivity index (χ2v) is 3.11. The quantitative estimate of drug-likeness (QED) is 0.448. The molecule has 0 spiro atoms. The summed E-state index contributed by atoms with van der Waals surface area (Å²) in [6.07, 6.45) is -10.9. The van der Waals surface area contributed by atoms with Crippen molar-refractivity contribution in [1.82, 2.24) is 0 Å². The molecule has 17 heavy (non-hydrogen) atoms. The maximum atomic E-state index is 12.3. The molecule has 0 aromatic heterocycles. The zero-order valence-corrected chi connectivity index (χ0v) is 8.06. The van der Waals surface area contributed by atoms with Crippen molar-refractivity contribution in [3.05, 3.63) is 41.3 Å². The molecule has 0 heterocycles. The smallest absolute Gasteiger partial charge is 0.299 e. The minimum absolute atomic E-state index is 0.174. The summed E-state index contributed by atoms with van der Waals surface area (Å²) < 4.78 is 73.8. The van der Waals surface area contributed by atoms with Gasteiger partial charge in [0.2, 0.25) is 0 Å². The van der Waals surface area contributed by atoms with Crippen LogP contribution < -0.4 is 0 Å². The second kappa shape index (κ2) is 4.31. The number of hydrogen-bond donors (Lipinski definition) is 0. The van der Waals surface area contributed by atoms with Gasteiger partial charge in [-0.15, -0.1) is 6.07 Å². The summed E-state index contributed by atoms with van der Waals surface area (Å²) in [4.78, 5) is 10.3. The van der Waals surface area contributed by atoms with Gasteiger partial charge in [0.25, 0.3) is 0 Å². The van der Waals surface area contributed by atoms with E-state index in [2.05, 4.69) is 0 Å². The first kappa shape index (κ1) is 13.4. The van der Waals surface area contributed by atoms with Crippen LogP contribution in [0.25, 0.3) is 0 Å². The molecule has 0 aliphatic heterocycles. The first-order valence-electron chi connectivity index (χ1n) is 4.23. The van der Waals surface area contributed by atoms with Crippen molar-refractivity contribution in [3.63, 3.8) is 0 Å². The number of aldehydes is 1. The van der Waals surface area contributed by atoms with Crippen LogP contribution >= 0.6 is 0 Å². The Morgan fingerprint density at radius 2 is 1.53 bits per heavy atom. The van der Waals surface area contributed by atoms with Gasteiger partial charge in [-0.3, -0.25) is 4.79 Å². The summed E-state index contributed by atoms with van der Waals surface area (Å²) in [5.74, 6) is -2.62. The van der Waals surface area contributed by atoms with Crippen LogP contribution in [0.4, 0.5) is 26.3 Å². The highest BCUT2D eigenvalue weighted by atomic mass is 19.4. The Kier molecular flexibility index (Phi) is 3.40. The number of benzene rings is 1. The van der Waals surface area contributed by atoms with Crippen molar-refractivity contribution in [2.75, 3.05) is 0 Å². The predicted octanol–water partition coefficient (Wildman–Crippen LogP) is 3.55. The van der Waals surface area contributed by atoms with E-state index in [1.54, 1.807) is 0 Å². The van der Waals surface area contributed by atoms with Gasteiger partial charge in [-0.2, -0.15) is 44.0 Å². The van der Waals surface area contributed by atoms with Crippen molar-refractivity contribution in [1.29, 1.82) is 0 Å². The molecule has 0 unspecified atom stereocenters. The van der Waals surface area contributed by atoms with Gasteiger partial charge in [-0.05, 0) is 5.56 Å². The Morgan fingerprint density at radius 1 is 1.00 bits per heavy atom. The molecule has 0 amide bonds. The van der Waals surface area contributed by atoms with E-state index in [-0.39, 0.29) is 11.8 Å². The molecule has 0 aliphatic carbocycles. The number of alkyl halides is 6. The van der Waals surface area contributed by atoms with E-state index in [0.29, 0.717) is 12.1 Å². The highest BCUT2D eigenvalue weighted by Gasteiger charge is 2.51. The second-order valence-electron chi connectivity index (χ2n) is 3.11. The van der Waals surface area contributed by atoms with Gasteiger partial charge in [0, 0.05) is 5.92 Å². The molecule has 1 rings (SSSR count). The molecule has 0 atom stereocenters. The van der Waals surface area contributed by atoms with E-state index >= 15 is 0 Å². The molecule has 1 nitrogen and oxygen atoms in total. The van der Waals surface area contributed by atoms with Crippen LogP contribution in [0.15, 0.2) is 24.3 Å². The molecule has 0 saturated heterocycles. The Labute approximate surface area is 92.0 Å². The average Bonchev–Trinajstić information content (AvgIpc) is 2.13. The van der Waals surface area contributed by atoms with Crippen molar-refractivity contribution >= 4 is 6.29 Å². The molecule has 0 radical (unpaired) electrons. The molecule has 0 bridgehead atoms. The SMILES string of the molecule is O=Cc1cccc([C-](C(F)(F)F)C(F)(F)F)c1. The van der Waals surface area contributed by atoms with Crippen LogP contribution in [0.1, 0.15) is 15.9 Å². The summed E-state index contributed by atoms with van der Waals surface area (Å²) in [5, 5.41) is 0. The lowest BCUT2D eigenvalue weighted by atomic mass is 9.96. The average molecular weight is 255 g/mol. The summed E-state index contributed by atoms with van der Waals surface area (Å²) in [7, 11) is 0. The van der Waals surface area contributed by atoms with Crippen molar-refractivity contribution in [2.45, 2.75) is 12.4 Å². The van der Waals surface area contributed by atoms with E-state index in [1.807, 2.05) is 0 Å². The molecule has 1 aromatic rings. The summed E-state index contributed by atoms with van der Waals surface area (Å²) in [6, 6.07) is 3.27. The van der Waals surface area contributed by atoms with Crippen molar-refractivity contribution in [3.8, 4) is 0 Å². The number of rotatable bonds is 2. The third-order valence-corrected chi connectivity index (χ3v) is 1.88. The van der Waals surface area contributed by atoms with Gasteiger partial charge >= 0.3 is 12.4 Å². The number of carbonyl (C=O) groups excluding carboxylic acids is 1. The van der Waals surface area contributed by atoms with Crippen LogP contribution in [0.5, 0.6) is 0 Å². The minimum atomic E-state index is -5.53. The molecule has 94 valence electrons. The van der Waals surface area contributed by atoms with E-state index in [1.165, 1.54) is 0 Å². The third-order valence-electron chi connectivity index (χ3n) is 1.88. The highest BCUT2D eigenvalue weighted by Crippen LogP contribution is 2.45. The van der Waals surface area contributed by atoms with Crippen LogP contribution in [0.3, 0.4) is 0 Å². The van der Waals surface area contributed by atoms with Crippen LogP contribution in [0, 0.1) is 5.92 Å². The Bertz CT molecular complexity index is 392. The lowest BCUT2D eigenvalue weighted by Gasteiger charge is -2.30. The maximum absolute atomic E-state index is 12.3. The standard InChI is InChI=1S/C10H5F6O/c11-9(12,13)8(10(14,15)16)7-3-1-2-6(4-7)5-17/h1-5H/q-1. The van der Waals surface area contributed by atoms with E-state index in [0.717, 1.165) is 12.1 Å². The van der Waals surface area contributed by atoms with Gasteiger partial charge in [-0.25, -0.2) is 0 Å². The van der Waals surface area contributed by atoms with Gasteiger partial charge in [0.05, 0.1) is 0 Å². The normalized spacial score (nSPS) is 12.4. The fraction of sp³-hybridized carbons (Fsp3) is 0.200. The number of halogens is 6. The zero-order chi connectivity index (χ0) is 13.3. The van der Waals surface area contributed by atoms with Crippen molar-refractivity contribution in [2.24, 2.45) is 0 Å². The van der Waals surface area contributed by atoms with Gasteiger partial charge in [0.15, 0.2) is 0 Å². The fourth-order valence-corrected chi connectivity index (χ4v) is 1.26. The number of hydrogen-bond acceptors (Lipinski definition) is 1. The molecular formula is C10H5F6O-. The van der Waals surface area contributed by atoms with E-state index in [9.17, 15) is 31.1 Å². The Hall–Kier alpha value is -1.66. The first-order valence-corrected chi connectivity index (χ1v) is 4.23. The fourth-order valence-electron chi connectivity index (χ4n) is 1.26. The lowest BCUT2D eigenvalue weighted by molar-refractivity contribution is -0.197. The molecule has 0 aliphatic rings. The summed E-state index contributed by atoms with van der Waals surface area (Å²) in [5.41, 5.74) is -1.33. The molecule has 7 heteroatoms. The minimum Gasteiger partial charge on any atom is -0.299 e. The molecule has 1 aromatic carbocycles. The highest BCUT2D eigenvalue weighted by molar-refractivity contribution is 5.75. The molecule has 0 saturated carbocycles. The molecule has 0 N–H and O–H groups in total. The molecular weight excluding hydrogens is 250 g/mol. The topological polar surface area (TPSA) is 17.1 Å². The Balaban J connectivity index is 3.27. The first-order chi connectivity index (χ1) is 7.66. The van der Waals surface area contributed by atoms with E-state index < -0.39 is 23.8 Å². The third kappa shape index (κ3) is 3.15. The summed E-state index contributed by atoms with van der Waals surface area (Å²) >= 11 is 0. The van der Waals surface area contributed by atoms with Gasteiger partial charge < -0.3 is 0 Å². The maximum Gasteiger partial charge on any atom is 0.375 e.